The molecule has 0 aromatic heterocycles. The number of carbonyl (C=O) groups is 1. The van der Waals surface area contributed by atoms with E-state index in [9.17, 15) is 14.7 Å². The number of carboxylic acid groups (broad SMARTS) is 1. The molecule has 0 aliphatic heterocycles. The molecule has 70 valence electrons. The van der Waals surface area contributed by atoms with E-state index in [1.165, 1.54) is 6.29 Å². The maximum atomic E-state index is 9.47. The van der Waals surface area contributed by atoms with Crippen LogP contribution in [0.3, 0.4) is 0 Å². The van der Waals surface area contributed by atoms with Crippen LogP contribution in [0.2, 0.25) is 0 Å². The quantitative estimate of drug-likeness (QED) is 0.494. The molecule has 1 aliphatic carbocycles. The molecule has 0 radical (unpaired) electrons. The number of aliphatic carboxylic acids is 1. The van der Waals surface area contributed by atoms with Gasteiger partial charge in [0.2, 0.25) is 0 Å². The first-order chi connectivity index (χ1) is 5.77. The number of rotatable bonds is 3. The summed E-state index contributed by atoms with van der Waals surface area (Å²) in [5.41, 5.74) is 0. The Morgan fingerprint density at radius 1 is 1.62 bits per heavy atom. The van der Waals surface area contributed by atoms with Crippen molar-refractivity contribution in [2.45, 2.75) is 19.3 Å². The third kappa shape index (κ3) is 14.0. The molecule has 1 aliphatic rings. The molecule has 0 spiro atoms. The second kappa shape index (κ2) is 11.1. The van der Waals surface area contributed by atoms with Crippen molar-refractivity contribution in [3.8, 4) is 0 Å². The molecule has 0 saturated carbocycles. The van der Waals surface area contributed by atoms with Gasteiger partial charge in [0.1, 0.15) is 0 Å². The molecule has 0 aromatic carbocycles. The fraction of sp³-hybridized carbons (Fsp3) is 0.333. The Morgan fingerprint density at radius 3 is 2.46 bits per heavy atom. The summed E-state index contributed by atoms with van der Waals surface area (Å²) in [5.74, 6) is -1.21. The first-order valence-corrected chi connectivity index (χ1v) is 3.54. The van der Waals surface area contributed by atoms with E-state index < -0.39 is 5.97 Å². The van der Waals surface area contributed by atoms with E-state index in [0.29, 0.717) is 0 Å². The predicted molar refractivity (Wildman–Crippen MR) is 41.5 cm³/mol. The minimum Gasteiger partial charge on any atom is -0.550 e. The number of carbonyl (C=O) groups excluding carboxylic acids is 2. The molecule has 0 amide bonds. The van der Waals surface area contributed by atoms with Gasteiger partial charge in [0.15, 0.2) is 0 Å². The molecular formula is C9H9MnO3. The maximum absolute atomic E-state index is 9.47. The standard InChI is InChI=1S/C5H5.C4H5O3.Mn/c1-2-4-5-3-1;5-3-1-2-4(6)7;/h1-3H,4H2;1-2H2,(H,6,7);/q2*-1;+3/p-1. The van der Waals surface area contributed by atoms with E-state index in [1.54, 1.807) is 0 Å². The van der Waals surface area contributed by atoms with Crippen molar-refractivity contribution in [1.29, 1.82) is 0 Å². The zero-order valence-corrected chi connectivity index (χ0v) is 8.14. The third-order valence-electron chi connectivity index (χ3n) is 1.02. The zero-order chi connectivity index (χ0) is 9.23. The van der Waals surface area contributed by atoms with Crippen molar-refractivity contribution < 1.29 is 31.8 Å². The van der Waals surface area contributed by atoms with Gasteiger partial charge in [0, 0.05) is 5.97 Å². The van der Waals surface area contributed by atoms with Crippen LogP contribution >= 0.6 is 0 Å². The first kappa shape index (κ1) is 14.7. The molecule has 0 unspecified atom stereocenters. The zero-order valence-electron chi connectivity index (χ0n) is 6.96. The Hall–Kier alpha value is -0.861. The largest absolute Gasteiger partial charge is 3.00 e. The van der Waals surface area contributed by atoms with Gasteiger partial charge in [-0.05, 0) is 6.42 Å². The molecule has 0 aromatic rings. The van der Waals surface area contributed by atoms with Crippen molar-refractivity contribution in [2.24, 2.45) is 0 Å². The Labute approximate surface area is 88.0 Å². The van der Waals surface area contributed by atoms with E-state index in [2.05, 4.69) is 12.2 Å². The van der Waals surface area contributed by atoms with Crippen molar-refractivity contribution in [3.05, 3.63) is 24.3 Å². The average Bonchev–Trinajstić information content (AvgIpc) is 2.57. The molecule has 3 nitrogen and oxygen atoms in total. The van der Waals surface area contributed by atoms with Gasteiger partial charge >= 0.3 is 17.1 Å². The SMILES string of the molecule is O=[C-]CCC(=O)[O-].[C-]1=CC=CC1.[Mn+3]. The molecule has 13 heavy (non-hydrogen) atoms. The van der Waals surface area contributed by atoms with Crippen molar-refractivity contribution in [2.75, 3.05) is 0 Å². The van der Waals surface area contributed by atoms with E-state index in [4.69, 9.17) is 0 Å². The number of hydrogen-bond acceptors (Lipinski definition) is 3. The van der Waals surface area contributed by atoms with Gasteiger partial charge in [-0.3, -0.25) is 12.4 Å². The fourth-order valence-electron chi connectivity index (χ4n) is 0.493. The third-order valence-corrected chi connectivity index (χ3v) is 1.02. The summed E-state index contributed by atoms with van der Waals surface area (Å²) in [6, 6.07) is 0. The summed E-state index contributed by atoms with van der Waals surface area (Å²) in [4.78, 5) is 18.8. The molecule has 1 rings (SSSR count). The summed E-state index contributed by atoms with van der Waals surface area (Å²) in [7, 11) is 0. The van der Waals surface area contributed by atoms with Crippen molar-refractivity contribution >= 4 is 12.3 Å². The Balaban J connectivity index is 0. The minimum absolute atomic E-state index is 0. The van der Waals surface area contributed by atoms with Crippen LogP contribution in [0.15, 0.2) is 18.2 Å². The molecule has 0 heterocycles. The van der Waals surface area contributed by atoms with Crippen molar-refractivity contribution in [3.63, 3.8) is 0 Å². The van der Waals surface area contributed by atoms with Gasteiger partial charge in [-0.15, -0.1) is 12.8 Å². The van der Waals surface area contributed by atoms with Gasteiger partial charge in [-0.1, -0.05) is 0 Å². The van der Waals surface area contributed by atoms with E-state index in [1.807, 2.05) is 12.2 Å². The van der Waals surface area contributed by atoms with Gasteiger partial charge in [0.05, 0.1) is 0 Å². The van der Waals surface area contributed by atoms with Crippen molar-refractivity contribution in [1.82, 2.24) is 0 Å². The minimum atomic E-state index is -1.21. The number of carboxylic acids is 1. The summed E-state index contributed by atoms with van der Waals surface area (Å²) < 4.78 is 0. The van der Waals surface area contributed by atoms with E-state index >= 15 is 0 Å². The van der Waals surface area contributed by atoms with Gasteiger partial charge in [0.25, 0.3) is 0 Å². The number of hydrogen-bond donors (Lipinski definition) is 0. The molecule has 0 saturated heterocycles. The second-order valence-corrected chi connectivity index (χ2v) is 2.02. The monoisotopic (exact) mass is 220 g/mol. The maximum Gasteiger partial charge on any atom is 3.00 e. The van der Waals surface area contributed by atoms with Crippen LogP contribution in [0.4, 0.5) is 0 Å². The average molecular weight is 220 g/mol. The Kier molecular flexibility index (Phi) is 12.6. The van der Waals surface area contributed by atoms with Gasteiger partial charge in [-0.2, -0.15) is 6.08 Å². The molecule has 0 atom stereocenters. The summed E-state index contributed by atoms with van der Waals surface area (Å²) in [5, 5.41) is 9.47. The number of allylic oxidation sites excluding steroid dienone is 4. The van der Waals surface area contributed by atoms with Crippen LogP contribution < -0.4 is 5.11 Å². The topological polar surface area (TPSA) is 57.2 Å². The van der Waals surface area contributed by atoms with Crippen LogP contribution in [0.25, 0.3) is 0 Å². The molecule has 0 fully saturated rings. The Morgan fingerprint density at radius 2 is 2.31 bits per heavy atom. The second-order valence-electron chi connectivity index (χ2n) is 2.02. The van der Waals surface area contributed by atoms with E-state index in [-0.39, 0.29) is 29.9 Å². The fourth-order valence-corrected chi connectivity index (χ4v) is 0.493. The van der Waals surface area contributed by atoms with Crippen LogP contribution in [0.5, 0.6) is 0 Å². The molecule has 0 N–H and O–H groups in total. The first-order valence-electron chi connectivity index (χ1n) is 3.54. The molecular weight excluding hydrogens is 211 g/mol. The molecule has 0 bridgehead atoms. The predicted octanol–water partition coefficient (Wildman–Crippen LogP) is -0.0706. The van der Waals surface area contributed by atoms with E-state index in [0.717, 1.165) is 6.42 Å². The summed E-state index contributed by atoms with van der Waals surface area (Å²) >= 11 is 0. The summed E-state index contributed by atoms with van der Waals surface area (Å²) in [6.45, 7) is 0. The van der Waals surface area contributed by atoms with Gasteiger partial charge in [-0.25, -0.2) is 12.2 Å². The normalized spacial score (nSPS) is 11.1. The van der Waals surface area contributed by atoms with Crippen LogP contribution in [0, 0.1) is 6.08 Å². The van der Waals surface area contributed by atoms with Crippen LogP contribution in [0.1, 0.15) is 19.3 Å². The molecule has 4 heteroatoms. The van der Waals surface area contributed by atoms with Crippen LogP contribution in [-0.4, -0.2) is 12.3 Å². The Bertz CT molecular complexity index is 187. The van der Waals surface area contributed by atoms with Gasteiger partial charge < -0.3 is 14.7 Å². The van der Waals surface area contributed by atoms with Crippen LogP contribution in [-0.2, 0) is 26.7 Å². The smallest absolute Gasteiger partial charge is 0.550 e. The summed E-state index contributed by atoms with van der Waals surface area (Å²) in [6.07, 6.45) is 11.1.